The van der Waals surface area contributed by atoms with Crippen LogP contribution in [0.5, 0.6) is 0 Å². The Hall–Kier alpha value is -0.890. The lowest BCUT2D eigenvalue weighted by molar-refractivity contribution is 0.632. The molecule has 1 atom stereocenters. The first kappa shape index (κ1) is 5.86. The predicted octanol–water partition coefficient (Wildman–Crippen LogP) is 1.25. The Bertz CT molecular complexity index is 245. The zero-order chi connectivity index (χ0) is 6.97. The number of hydrogen-bond donors (Lipinski definition) is 1. The van der Waals surface area contributed by atoms with Crippen molar-refractivity contribution in [2.75, 3.05) is 0 Å². The minimum Gasteiger partial charge on any atom is -0.304 e. The van der Waals surface area contributed by atoms with Crippen LogP contribution in [0.1, 0.15) is 24.2 Å². The van der Waals surface area contributed by atoms with Crippen molar-refractivity contribution in [1.82, 2.24) is 10.3 Å². The summed E-state index contributed by atoms with van der Waals surface area (Å²) in [5, 5.41) is 3.32. The molecule has 2 heterocycles. The highest BCUT2D eigenvalue weighted by Gasteiger charge is 2.16. The Morgan fingerprint density at radius 1 is 1.70 bits per heavy atom. The normalized spacial score (nSPS) is 22.7. The highest BCUT2D eigenvalue weighted by molar-refractivity contribution is 5.26. The molecule has 1 aliphatic heterocycles. The molecule has 0 aromatic carbocycles. The average molecular weight is 134 g/mol. The monoisotopic (exact) mass is 134 g/mol. The van der Waals surface area contributed by atoms with Crippen molar-refractivity contribution >= 4 is 0 Å². The Labute approximate surface area is 60.3 Å². The van der Waals surface area contributed by atoms with Gasteiger partial charge in [-0.25, -0.2) is 0 Å². The maximum atomic E-state index is 4.25. The summed E-state index contributed by atoms with van der Waals surface area (Å²) < 4.78 is 0. The van der Waals surface area contributed by atoms with E-state index in [1.165, 1.54) is 11.3 Å². The van der Waals surface area contributed by atoms with Crippen molar-refractivity contribution in [1.29, 1.82) is 0 Å². The zero-order valence-corrected chi connectivity index (χ0v) is 5.96. The summed E-state index contributed by atoms with van der Waals surface area (Å²) in [6.07, 6.45) is 1.85. The van der Waals surface area contributed by atoms with E-state index in [4.69, 9.17) is 0 Å². The van der Waals surface area contributed by atoms with Crippen molar-refractivity contribution in [2.45, 2.75) is 19.5 Å². The number of aromatic nitrogens is 1. The molecule has 52 valence electrons. The van der Waals surface area contributed by atoms with Gasteiger partial charge >= 0.3 is 0 Å². The van der Waals surface area contributed by atoms with Gasteiger partial charge in [-0.15, -0.1) is 0 Å². The van der Waals surface area contributed by atoms with Crippen molar-refractivity contribution in [3.05, 3.63) is 29.6 Å². The lowest BCUT2D eigenvalue weighted by Crippen LogP contribution is -2.06. The van der Waals surface area contributed by atoms with E-state index >= 15 is 0 Å². The molecule has 0 spiro atoms. The van der Waals surface area contributed by atoms with Crippen LogP contribution in [0.4, 0.5) is 0 Å². The van der Waals surface area contributed by atoms with Crippen LogP contribution in [0.2, 0.25) is 0 Å². The minimum absolute atomic E-state index is 0.490. The third-order valence-electron chi connectivity index (χ3n) is 1.97. The van der Waals surface area contributed by atoms with Crippen LogP contribution >= 0.6 is 0 Å². The van der Waals surface area contributed by atoms with Crippen LogP contribution in [0.15, 0.2) is 18.3 Å². The molecule has 0 radical (unpaired) electrons. The average Bonchev–Trinajstić information content (AvgIpc) is 2.34. The zero-order valence-electron chi connectivity index (χ0n) is 5.96. The highest BCUT2D eigenvalue weighted by atomic mass is 15.0. The van der Waals surface area contributed by atoms with Gasteiger partial charge in [0.15, 0.2) is 0 Å². The first-order chi connectivity index (χ1) is 4.88. The molecule has 1 aromatic rings. The number of rotatable bonds is 0. The Morgan fingerprint density at radius 3 is 3.40 bits per heavy atom. The van der Waals surface area contributed by atoms with Gasteiger partial charge in [-0.1, -0.05) is 6.07 Å². The molecule has 1 aromatic heterocycles. The van der Waals surface area contributed by atoms with Crippen LogP contribution < -0.4 is 5.32 Å². The van der Waals surface area contributed by atoms with Crippen molar-refractivity contribution in [3.63, 3.8) is 0 Å². The maximum absolute atomic E-state index is 4.25. The lowest BCUT2D eigenvalue weighted by Gasteiger charge is -2.00. The maximum Gasteiger partial charge on any atom is 0.0589 e. The number of fused-ring (bicyclic) bond motifs is 1. The van der Waals surface area contributed by atoms with E-state index in [2.05, 4.69) is 23.3 Å². The molecule has 0 saturated heterocycles. The molecule has 2 heteroatoms. The highest BCUT2D eigenvalue weighted by Crippen LogP contribution is 2.21. The Balaban J connectivity index is 2.51. The van der Waals surface area contributed by atoms with Gasteiger partial charge in [-0.05, 0) is 18.6 Å². The minimum atomic E-state index is 0.490. The summed E-state index contributed by atoms with van der Waals surface area (Å²) in [6.45, 7) is 3.09. The van der Waals surface area contributed by atoms with E-state index in [-0.39, 0.29) is 0 Å². The van der Waals surface area contributed by atoms with Crippen molar-refractivity contribution in [3.8, 4) is 0 Å². The topological polar surface area (TPSA) is 24.9 Å². The second kappa shape index (κ2) is 2.06. The molecule has 1 unspecified atom stereocenters. The van der Waals surface area contributed by atoms with Crippen molar-refractivity contribution in [2.24, 2.45) is 0 Å². The summed E-state index contributed by atoms with van der Waals surface area (Å²) in [5.41, 5.74) is 2.55. The van der Waals surface area contributed by atoms with E-state index < -0.39 is 0 Å². The van der Waals surface area contributed by atoms with Crippen LogP contribution in [-0.4, -0.2) is 4.98 Å². The molecule has 0 bridgehead atoms. The van der Waals surface area contributed by atoms with Gasteiger partial charge in [0.2, 0.25) is 0 Å². The Morgan fingerprint density at radius 2 is 2.60 bits per heavy atom. The largest absolute Gasteiger partial charge is 0.304 e. The molecule has 0 saturated carbocycles. The second-order valence-corrected chi connectivity index (χ2v) is 2.64. The molecule has 10 heavy (non-hydrogen) atoms. The van der Waals surface area contributed by atoms with Gasteiger partial charge in [0.05, 0.1) is 5.69 Å². The summed E-state index contributed by atoms with van der Waals surface area (Å²) in [5.74, 6) is 0. The molecular weight excluding hydrogens is 124 g/mol. The fourth-order valence-corrected chi connectivity index (χ4v) is 1.35. The summed E-state index contributed by atoms with van der Waals surface area (Å²) in [6, 6.07) is 4.61. The van der Waals surface area contributed by atoms with E-state index in [9.17, 15) is 0 Å². The molecule has 1 aliphatic rings. The van der Waals surface area contributed by atoms with Gasteiger partial charge in [0, 0.05) is 18.8 Å². The fourth-order valence-electron chi connectivity index (χ4n) is 1.35. The molecule has 0 amide bonds. The summed E-state index contributed by atoms with van der Waals surface area (Å²) >= 11 is 0. The van der Waals surface area contributed by atoms with Gasteiger partial charge < -0.3 is 5.32 Å². The van der Waals surface area contributed by atoms with Gasteiger partial charge in [-0.2, -0.15) is 0 Å². The standard InChI is InChI=1S/C8H10N2/c1-6-7-3-2-4-9-8(7)5-10-6/h2-4,6,10H,5H2,1H3. The number of nitrogens with one attached hydrogen (secondary N) is 1. The molecule has 0 aliphatic carbocycles. The van der Waals surface area contributed by atoms with E-state index in [0.717, 1.165) is 6.54 Å². The fraction of sp³-hybridized carbons (Fsp3) is 0.375. The van der Waals surface area contributed by atoms with Gasteiger partial charge in [-0.3, -0.25) is 4.98 Å². The molecular formula is C8H10N2. The van der Waals surface area contributed by atoms with Crippen LogP contribution in [-0.2, 0) is 6.54 Å². The first-order valence-corrected chi connectivity index (χ1v) is 3.55. The van der Waals surface area contributed by atoms with Crippen LogP contribution in [0, 0.1) is 0 Å². The summed E-state index contributed by atoms with van der Waals surface area (Å²) in [4.78, 5) is 4.25. The third-order valence-corrected chi connectivity index (χ3v) is 1.97. The van der Waals surface area contributed by atoms with Crippen LogP contribution in [0.25, 0.3) is 0 Å². The van der Waals surface area contributed by atoms with Crippen LogP contribution in [0.3, 0.4) is 0 Å². The predicted molar refractivity (Wildman–Crippen MR) is 39.5 cm³/mol. The number of hydrogen-bond acceptors (Lipinski definition) is 2. The van der Waals surface area contributed by atoms with Gasteiger partial charge in [0.25, 0.3) is 0 Å². The summed E-state index contributed by atoms with van der Waals surface area (Å²) in [7, 11) is 0. The van der Waals surface area contributed by atoms with E-state index in [0.29, 0.717) is 6.04 Å². The smallest absolute Gasteiger partial charge is 0.0589 e. The molecule has 1 N–H and O–H groups in total. The number of pyridine rings is 1. The molecule has 0 fully saturated rings. The van der Waals surface area contributed by atoms with E-state index in [1.807, 2.05) is 12.3 Å². The van der Waals surface area contributed by atoms with E-state index in [1.54, 1.807) is 0 Å². The lowest BCUT2D eigenvalue weighted by atomic mass is 10.1. The van der Waals surface area contributed by atoms with Gasteiger partial charge in [0.1, 0.15) is 0 Å². The molecule has 2 rings (SSSR count). The molecule has 2 nitrogen and oxygen atoms in total. The third kappa shape index (κ3) is 0.727. The number of nitrogens with zero attached hydrogens (tertiary/aromatic N) is 1. The SMILES string of the molecule is CC1NCc2ncccc21. The first-order valence-electron chi connectivity index (χ1n) is 3.55. The van der Waals surface area contributed by atoms with Crippen molar-refractivity contribution < 1.29 is 0 Å². The quantitative estimate of drug-likeness (QED) is 0.577. The Kier molecular flexibility index (Phi) is 1.21. The second-order valence-electron chi connectivity index (χ2n) is 2.64.